The van der Waals surface area contributed by atoms with Gasteiger partial charge >= 0.3 is 6.18 Å². The van der Waals surface area contributed by atoms with Crippen LogP contribution in [0.3, 0.4) is 0 Å². The van der Waals surface area contributed by atoms with Gasteiger partial charge in [0.25, 0.3) is 0 Å². The summed E-state index contributed by atoms with van der Waals surface area (Å²) < 4.78 is 58.6. The molecule has 1 saturated heterocycles. The number of hydrogen-bond acceptors (Lipinski definition) is 5. The molecule has 9 heteroatoms. The third kappa shape index (κ3) is 7.27. The molecular formula is C31H31F3N2O3S. The zero-order chi connectivity index (χ0) is 28.0. The number of rotatable bonds is 11. The Balaban J connectivity index is 1.14. The smallest absolute Gasteiger partial charge is 0.416 e. The van der Waals surface area contributed by atoms with Gasteiger partial charge in [0.15, 0.2) is 5.79 Å². The molecule has 1 fully saturated rings. The molecule has 0 aliphatic carbocycles. The highest BCUT2D eigenvalue weighted by Gasteiger charge is 2.41. The summed E-state index contributed by atoms with van der Waals surface area (Å²) in [5, 5.41) is 0. The molecule has 210 valence electrons. The lowest BCUT2D eigenvalue weighted by atomic mass is 10.0. The van der Waals surface area contributed by atoms with Gasteiger partial charge in [-0.1, -0.05) is 48.5 Å². The number of thioether (sulfide) groups is 1. The van der Waals surface area contributed by atoms with Gasteiger partial charge in [0.1, 0.15) is 5.75 Å². The van der Waals surface area contributed by atoms with Crippen molar-refractivity contribution in [3.63, 3.8) is 0 Å². The van der Waals surface area contributed by atoms with Crippen molar-refractivity contribution in [1.29, 1.82) is 0 Å². The molecule has 0 amide bonds. The van der Waals surface area contributed by atoms with E-state index in [1.807, 2.05) is 47.2 Å². The van der Waals surface area contributed by atoms with Crippen molar-refractivity contribution >= 4 is 11.8 Å². The summed E-state index contributed by atoms with van der Waals surface area (Å²) in [6.07, 6.45) is 2.60. The number of hydrogen-bond donors (Lipinski definition) is 0. The standard InChI is InChI=1S/C31H31F3N2O3S/c1-37-28-12-4-23(5-13-28)14-15-30(21-36-17-16-35-22-36)38-18-29(39-30)20-40-19-24-2-6-25(7-3-24)26-8-10-27(11-9-26)31(32,33)34/h2-13,16-17,22,29H,14-15,18-21H2,1H3. The molecule has 5 rings (SSSR count). The minimum absolute atomic E-state index is 0.0317. The number of aryl methyl sites for hydroxylation is 1. The molecule has 1 aromatic heterocycles. The van der Waals surface area contributed by atoms with Gasteiger partial charge in [-0.2, -0.15) is 24.9 Å². The number of halogens is 3. The molecule has 0 bridgehead atoms. The van der Waals surface area contributed by atoms with Crippen molar-refractivity contribution in [1.82, 2.24) is 9.55 Å². The van der Waals surface area contributed by atoms with Gasteiger partial charge in [-0.05, 0) is 52.9 Å². The lowest BCUT2D eigenvalue weighted by molar-refractivity contribution is -0.180. The maximum atomic E-state index is 12.8. The van der Waals surface area contributed by atoms with E-state index < -0.39 is 17.5 Å². The van der Waals surface area contributed by atoms with E-state index >= 15 is 0 Å². The Kier molecular flexibility index (Phi) is 8.83. The van der Waals surface area contributed by atoms with Crippen molar-refractivity contribution < 1.29 is 27.4 Å². The lowest BCUT2D eigenvalue weighted by Crippen LogP contribution is -2.37. The highest BCUT2D eigenvalue weighted by molar-refractivity contribution is 7.98. The monoisotopic (exact) mass is 568 g/mol. The van der Waals surface area contributed by atoms with Gasteiger partial charge in [-0.15, -0.1) is 0 Å². The van der Waals surface area contributed by atoms with Crippen LogP contribution >= 0.6 is 11.8 Å². The molecule has 2 heterocycles. The summed E-state index contributed by atoms with van der Waals surface area (Å²) >= 11 is 1.77. The van der Waals surface area contributed by atoms with Crippen LogP contribution in [0.15, 0.2) is 91.5 Å². The molecule has 0 saturated carbocycles. The van der Waals surface area contributed by atoms with Crippen LogP contribution in [0.4, 0.5) is 13.2 Å². The van der Waals surface area contributed by atoms with Crippen LogP contribution in [-0.4, -0.2) is 40.9 Å². The fourth-order valence-corrected chi connectivity index (χ4v) is 5.70. The van der Waals surface area contributed by atoms with Gasteiger partial charge in [-0.25, -0.2) is 4.98 Å². The average Bonchev–Trinajstić information content (AvgIpc) is 3.63. The number of benzene rings is 3. The zero-order valence-electron chi connectivity index (χ0n) is 22.1. The Morgan fingerprint density at radius 3 is 2.27 bits per heavy atom. The normalized spacial score (nSPS) is 19.1. The molecule has 3 aromatic carbocycles. The van der Waals surface area contributed by atoms with Crippen molar-refractivity contribution in [2.75, 3.05) is 19.5 Å². The summed E-state index contributed by atoms with van der Waals surface area (Å²) in [7, 11) is 1.66. The first kappa shape index (κ1) is 28.3. The quantitative estimate of drug-likeness (QED) is 0.191. The predicted molar refractivity (Wildman–Crippen MR) is 150 cm³/mol. The van der Waals surface area contributed by atoms with E-state index in [4.69, 9.17) is 14.2 Å². The molecule has 2 unspecified atom stereocenters. The Labute approximate surface area is 236 Å². The van der Waals surface area contributed by atoms with Crippen LogP contribution < -0.4 is 4.74 Å². The predicted octanol–water partition coefficient (Wildman–Crippen LogP) is 7.26. The van der Waals surface area contributed by atoms with Crippen LogP contribution in [0.1, 0.15) is 23.1 Å². The van der Waals surface area contributed by atoms with E-state index in [9.17, 15) is 13.2 Å². The van der Waals surface area contributed by atoms with Crippen LogP contribution in [0, 0.1) is 0 Å². The van der Waals surface area contributed by atoms with E-state index in [1.165, 1.54) is 17.7 Å². The largest absolute Gasteiger partial charge is 0.497 e. The third-order valence-electron chi connectivity index (χ3n) is 6.92. The van der Waals surface area contributed by atoms with Crippen LogP contribution in [0.2, 0.25) is 0 Å². The molecule has 0 spiro atoms. The number of aromatic nitrogens is 2. The molecule has 1 aliphatic rings. The fraction of sp³-hybridized carbons (Fsp3) is 0.323. The molecule has 40 heavy (non-hydrogen) atoms. The summed E-state index contributed by atoms with van der Waals surface area (Å²) in [4.78, 5) is 4.16. The van der Waals surface area contributed by atoms with Crippen LogP contribution in [-0.2, 0) is 34.4 Å². The highest BCUT2D eigenvalue weighted by Crippen LogP contribution is 2.34. The summed E-state index contributed by atoms with van der Waals surface area (Å²) in [5.41, 5.74) is 3.33. The second-order valence-electron chi connectivity index (χ2n) is 9.83. The third-order valence-corrected chi connectivity index (χ3v) is 8.07. The van der Waals surface area contributed by atoms with E-state index in [0.717, 1.165) is 52.5 Å². The zero-order valence-corrected chi connectivity index (χ0v) is 23.0. The Morgan fingerprint density at radius 2 is 1.65 bits per heavy atom. The molecule has 4 aromatic rings. The minimum atomic E-state index is -4.33. The Bertz CT molecular complexity index is 1340. The van der Waals surface area contributed by atoms with Crippen molar-refractivity contribution in [2.45, 2.75) is 43.2 Å². The molecule has 0 radical (unpaired) electrons. The second-order valence-corrected chi connectivity index (χ2v) is 10.9. The summed E-state index contributed by atoms with van der Waals surface area (Å²) in [6.45, 7) is 1.09. The van der Waals surface area contributed by atoms with Gasteiger partial charge in [0.2, 0.25) is 0 Å². The molecular weight excluding hydrogens is 537 g/mol. The maximum absolute atomic E-state index is 12.8. The van der Waals surface area contributed by atoms with E-state index in [1.54, 1.807) is 31.4 Å². The first-order valence-corrected chi connectivity index (χ1v) is 14.2. The highest BCUT2D eigenvalue weighted by atomic mass is 32.2. The average molecular weight is 569 g/mol. The first-order chi connectivity index (χ1) is 19.3. The van der Waals surface area contributed by atoms with Crippen molar-refractivity contribution in [3.05, 3.63) is 108 Å². The Hall–Kier alpha value is -3.27. The van der Waals surface area contributed by atoms with Gasteiger partial charge < -0.3 is 18.8 Å². The summed E-state index contributed by atoms with van der Waals surface area (Å²) in [6, 6.07) is 21.2. The maximum Gasteiger partial charge on any atom is 0.416 e. The number of nitrogens with zero attached hydrogens (tertiary/aromatic N) is 2. The van der Waals surface area contributed by atoms with Gasteiger partial charge in [0, 0.05) is 30.3 Å². The number of alkyl halides is 3. The second kappa shape index (κ2) is 12.5. The first-order valence-electron chi connectivity index (χ1n) is 13.1. The SMILES string of the molecule is COc1ccc(CCC2(Cn3ccnc3)OCC(CSCc3ccc(-c4ccc(C(F)(F)F)cc4)cc3)O2)cc1. The lowest BCUT2D eigenvalue weighted by Gasteiger charge is -2.28. The van der Waals surface area contributed by atoms with E-state index in [-0.39, 0.29) is 6.10 Å². The minimum Gasteiger partial charge on any atom is -0.497 e. The van der Waals surface area contributed by atoms with Crippen molar-refractivity contribution in [3.8, 4) is 16.9 Å². The van der Waals surface area contributed by atoms with Crippen molar-refractivity contribution in [2.24, 2.45) is 0 Å². The number of ether oxygens (including phenoxy) is 3. The van der Waals surface area contributed by atoms with Crippen LogP contribution in [0.5, 0.6) is 5.75 Å². The van der Waals surface area contributed by atoms with E-state index in [2.05, 4.69) is 17.1 Å². The van der Waals surface area contributed by atoms with E-state index in [0.29, 0.717) is 19.6 Å². The number of methoxy groups -OCH3 is 1. The Morgan fingerprint density at radius 1 is 0.975 bits per heavy atom. The van der Waals surface area contributed by atoms with Gasteiger partial charge in [0.05, 0.1) is 38.3 Å². The van der Waals surface area contributed by atoms with Crippen LogP contribution in [0.25, 0.3) is 11.1 Å². The fourth-order valence-electron chi connectivity index (χ4n) is 4.73. The molecule has 0 N–H and O–H groups in total. The molecule has 2 atom stereocenters. The topological polar surface area (TPSA) is 45.5 Å². The summed E-state index contributed by atoms with van der Waals surface area (Å²) in [5.74, 6) is 1.69. The molecule has 1 aliphatic heterocycles. The molecule has 5 nitrogen and oxygen atoms in total. The van der Waals surface area contributed by atoms with Gasteiger partial charge in [-0.3, -0.25) is 0 Å². The number of imidazole rings is 1.